The van der Waals surface area contributed by atoms with Crippen LogP contribution in [0.3, 0.4) is 0 Å². The number of nitrogens with zero attached hydrogens (tertiary/aromatic N) is 3. The van der Waals surface area contributed by atoms with E-state index in [9.17, 15) is 4.79 Å². The molecule has 27 heavy (non-hydrogen) atoms. The largest absolute Gasteiger partial charge is 0.496 e. The molecule has 0 saturated heterocycles. The summed E-state index contributed by atoms with van der Waals surface area (Å²) in [6.45, 7) is 0. The van der Waals surface area contributed by atoms with Crippen molar-refractivity contribution in [3.05, 3.63) is 79.5 Å². The Balaban J connectivity index is 1.70. The Hall–Kier alpha value is -2.77. The third-order valence-electron chi connectivity index (χ3n) is 3.96. The number of hydrogen-bond acceptors (Lipinski definition) is 5. The molecule has 2 aromatic carbocycles. The molecular weight excluding hydrogens is 426 g/mol. The molecule has 0 saturated carbocycles. The van der Waals surface area contributed by atoms with Gasteiger partial charge in [-0.1, -0.05) is 69.8 Å². The first kappa shape index (κ1) is 17.6. The molecule has 4 rings (SSSR count). The minimum atomic E-state index is -0.175. The quantitative estimate of drug-likeness (QED) is 0.485. The Morgan fingerprint density at radius 3 is 2.70 bits per heavy atom. The van der Waals surface area contributed by atoms with Crippen molar-refractivity contribution < 1.29 is 4.74 Å². The summed E-state index contributed by atoms with van der Waals surface area (Å²) in [6.07, 6.45) is 5.51. The van der Waals surface area contributed by atoms with Gasteiger partial charge in [0.25, 0.3) is 5.56 Å². The SMILES string of the molecule is COc1ccccc1/C=C\C=c1/sc2nc(-c3ccccc3Br)nn2c1=O. The predicted octanol–water partition coefficient (Wildman–Crippen LogP) is 3.80. The second-order valence-electron chi connectivity index (χ2n) is 5.65. The molecule has 0 aliphatic carbocycles. The van der Waals surface area contributed by atoms with Gasteiger partial charge >= 0.3 is 0 Å². The van der Waals surface area contributed by atoms with E-state index in [0.717, 1.165) is 21.3 Å². The number of benzene rings is 2. The first-order chi connectivity index (χ1) is 13.2. The number of rotatable bonds is 4. The summed E-state index contributed by atoms with van der Waals surface area (Å²) < 4.78 is 8.14. The summed E-state index contributed by atoms with van der Waals surface area (Å²) in [7, 11) is 1.63. The van der Waals surface area contributed by atoms with E-state index < -0.39 is 0 Å². The summed E-state index contributed by atoms with van der Waals surface area (Å²) in [5.41, 5.74) is 1.62. The molecule has 4 aromatic rings. The van der Waals surface area contributed by atoms with Crippen LogP contribution in [-0.4, -0.2) is 21.7 Å². The zero-order valence-electron chi connectivity index (χ0n) is 14.3. The van der Waals surface area contributed by atoms with E-state index in [1.807, 2.05) is 60.7 Å². The highest BCUT2D eigenvalue weighted by molar-refractivity contribution is 9.10. The average Bonchev–Trinajstić information content (AvgIpc) is 3.22. The summed E-state index contributed by atoms with van der Waals surface area (Å²) >= 11 is 4.80. The van der Waals surface area contributed by atoms with Crippen LogP contribution in [0.15, 0.2) is 63.9 Å². The van der Waals surface area contributed by atoms with Crippen molar-refractivity contribution in [2.75, 3.05) is 7.11 Å². The van der Waals surface area contributed by atoms with Crippen molar-refractivity contribution >= 4 is 44.4 Å². The molecule has 2 aromatic heterocycles. The van der Waals surface area contributed by atoms with Crippen molar-refractivity contribution in [2.45, 2.75) is 0 Å². The van der Waals surface area contributed by atoms with Gasteiger partial charge in [-0.15, -0.1) is 5.10 Å². The van der Waals surface area contributed by atoms with Crippen LogP contribution in [0.1, 0.15) is 5.56 Å². The molecule has 0 N–H and O–H groups in total. The fraction of sp³-hybridized carbons (Fsp3) is 0.0500. The number of hydrogen-bond donors (Lipinski definition) is 0. The zero-order chi connectivity index (χ0) is 18.8. The highest BCUT2D eigenvalue weighted by atomic mass is 79.9. The summed E-state index contributed by atoms with van der Waals surface area (Å²) in [5, 5.41) is 4.37. The van der Waals surface area contributed by atoms with Gasteiger partial charge in [-0.3, -0.25) is 4.79 Å². The first-order valence-electron chi connectivity index (χ1n) is 8.13. The molecule has 0 aliphatic heterocycles. The fourth-order valence-electron chi connectivity index (χ4n) is 2.65. The Bertz CT molecular complexity index is 1260. The minimum absolute atomic E-state index is 0.175. The Kier molecular flexibility index (Phi) is 4.87. The highest BCUT2D eigenvalue weighted by Crippen LogP contribution is 2.25. The van der Waals surface area contributed by atoms with Crippen molar-refractivity contribution in [1.82, 2.24) is 14.6 Å². The van der Waals surface area contributed by atoms with Gasteiger partial charge < -0.3 is 4.74 Å². The average molecular weight is 440 g/mol. The first-order valence-corrected chi connectivity index (χ1v) is 9.74. The van der Waals surface area contributed by atoms with Gasteiger partial charge in [-0.25, -0.2) is 0 Å². The van der Waals surface area contributed by atoms with E-state index in [1.165, 1.54) is 15.9 Å². The smallest absolute Gasteiger partial charge is 0.291 e. The van der Waals surface area contributed by atoms with Crippen LogP contribution < -0.4 is 14.8 Å². The third-order valence-corrected chi connectivity index (χ3v) is 5.63. The number of halogens is 1. The molecule has 0 atom stereocenters. The third kappa shape index (κ3) is 3.43. The molecule has 0 unspecified atom stereocenters. The maximum atomic E-state index is 12.6. The monoisotopic (exact) mass is 439 g/mol. The number of para-hydroxylation sites is 1. The lowest BCUT2D eigenvalue weighted by molar-refractivity contribution is 0.414. The van der Waals surface area contributed by atoms with Gasteiger partial charge in [-0.2, -0.15) is 9.50 Å². The lowest BCUT2D eigenvalue weighted by Gasteiger charge is -2.02. The topological polar surface area (TPSA) is 56.5 Å². The molecule has 5 nitrogen and oxygen atoms in total. The highest BCUT2D eigenvalue weighted by Gasteiger charge is 2.13. The van der Waals surface area contributed by atoms with Crippen molar-refractivity contribution in [2.24, 2.45) is 0 Å². The number of allylic oxidation sites excluding steroid dienone is 1. The lowest BCUT2D eigenvalue weighted by atomic mass is 10.2. The Morgan fingerprint density at radius 1 is 1.15 bits per heavy atom. The lowest BCUT2D eigenvalue weighted by Crippen LogP contribution is -2.23. The molecular formula is C20H14BrN3O2S. The number of fused-ring (bicyclic) bond motifs is 1. The summed E-state index contributed by atoms with van der Waals surface area (Å²) in [6, 6.07) is 15.4. The van der Waals surface area contributed by atoms with Crippen molar-refractivity contribution in [3.63, 3.8) is 0 Å². The maximum Gasteiger partial charge on any atom is 0.291 e. The second-order valence-corrected chi connectivity index (χ2v) is 7.51. The normalized spacial score (nSPS) is 12.3. The molecule has 7 heteroatoms. The van der Waals surface area contributed by atoms with Crippen molar-refractivity contribution in [3.8, 4) is 17.1 Å². The number of thiazole rings is 1. The van der Waals surface area contributed by atoms with Crippen LogP contribution in [0.4, 0.5) is 0 Å². The van der Waals surface area contributed by atoms with Crippen LogP contribution in [0.2, 0.25) is 0 Å². The van der Waals surface area contributed by atoms with Gasteiger partial charge in [-0.05, 0) is 24.3 Å². The molecule has 0 spiro atoms. The maximum absolute atomic E-state index is 12.6. The predicted molar refractivity (Wildman–Crippen MR) is 112 cm³/mol. The van der Waals surface area contributed by atoms with E-state index >= 15 is 0 Å². The standard InChI is InChI=1S/C20H14BrN3O2S/c1-26-16-11-5-2-7-13(16)8-6-12-17-19(25)24-20(27-17)22-18(23-24)14-9-3-4-10-15(14)21/h2-12H,1H3/b8-6-,17-12-. The minimum Gasteiger partial charge on any atom is -0.496 e. The zero-order valence-corrected chi connectivity index (χ0v) is 16.7. The van der Waals surface area contributed by atoms with E-state index in [-0.39, 0.29) is 5.56 Å². The van der Waals surface area contributed by atoms with Gasteiger partial charge in [0.2, 0.25) is 4.96 Å². The van der Waals surface area contributed by atoms with E-state index in [0.29, 0.717) is 15.3 Å². The number of ether oxygens (including phenoxy) is 1. The van der Waals surface area contributed by atoms with Crippen molar-refractivity contribution in [1.29, 1.82) is 0 Å². The van der Waals surface area contributed by atoms with E-state index in [2.05, 4.69) is 26.0 Å². The van der Waals surface area contributed by atoms with E-state index in [1.54, 1.807) is 13.2 Å². The van der Waals surface area contributed by atoms with Crippen LogP contribution in [0.5, 0.6) is 5.75 Å². The molecule has 0 radical (unpaired) electrons. The van der Waals surface area contributed by atoms with Gasteiger partial charge in [0.05, 0.1) is 11.6 Å². The summed E-state index contributed by atoms with van der Waals surface area (Å²) in [4.78, 5) is 17.7. The molecule has 0 bridgehead atoms. The van der Waals surface area contributed by atoms with Crippen LogP contribution in [-0.2, 0) is 0 Å². The number of aromatic nitrogens is 3. The molecule has 0 fully saturated rings. The molecule has 0 amide bonds. The Labute approximate surface area is 167 Å². The van der Waals surface area contributed by atoms with Crippen LogP contribution in [0.25, 0.3) is 28.5 Å². The van der Waals surface area contributed by atoms with Crippen LogP contribution in [0, 0.1) is 0 Å². The van der Waals surface area contributed by atoms with E-state index in [4.69, 9.17) is 4.74 Å². The van der Waals surface area contributed by atoms with Gasteiger partial charge in [0, 0.05) is 15.6 Å². The molecule has 134 valence electrons. The summed E-state index contributed by atoms with van der Waals surface area (Å²) in [5.74, 6) is 1.31. The molecule has 0 aliphatic rings. The second kappa shape index (κ2) is 7.46. The fourth-order valence-corrected chi connectivity index (χ4v) is 3.97. The Morgan fingerprint density at radius 2 is 1.93 bits per heavy atom. The van der Waals surface area contributed by atoms with Gasteiger partial charge in [0.15, 0.2) is 5.82 Å². The number of methoxy groups -OCH3 is 1. The van der Waals surface area contributed by atoms with Crippen LogP contribution >= 0.6 is 27.3 Å². The van der Waals surface area contributed by atoms with Gasteiger partial charge in [0.1, 0.15) is 5.75 Å². The molecule has 2 heterocycles.